The molecular weight excluding hydrogens is 280 g/mol. The lowest BCUT2D eigenvalue weighted by Gasteiger charge is -2.12. The van der Waals surface area contributed by atoms with E-state index in [0.29, 0.717) is 5.25 Å². The van der Waals surface area contributed by atoms with Crippen molar-refractivity contribution in [3.05, 3.63) is 59.2 Å². The molecule has 2 aliphatic rings. The average molecular weight is 298 g/mol. The van der Waals surface area contributed by atoms with E-state index in [1.807, 2.05) is 23.9 Å². The molecule has 108 valence electrons. The summed E-state index contributed by atoms with van der Waals surface area (Å²) in [5.41, 5.74) is 3.75. The van der Waals surface area contributed by atoms with E-state index < -0.39 is 0 Å². The molecule has 0 amide bonds. The van der Waals surface area contributed by atoms with Crippen molar-refractivity contribution in [1.82, 2.24) is 0 Å². The SMILES string of the molecule is OC1CCc2cc(OCC3Cc4ccccc4S3)ccc21. The first-order chi connectivity index (χ1) is 10.3. The monoisotopic (exact) mass is 298 g/mol. The summed E-state index contributed by atoms with van der Waals surface area (Å²) >= 11 is 1.92. The number of hydrogen-bond donors (Lipinski definition) is 1. The van der Waals surface area contributed by atoms with E-state index in [9.17, 15) is 5.11 Å². The molecule has 2 unspecified atom stereocenters. The third kappa shape index (κ3) is 2.56. The molecule has 2 nitrogen and oxygen atoms in total. The van der Waals surface area contributed by atoms with Crippen LogP contribution in [0.2, 0.25) is 0 Å². The van der Waals surface area contributed by atoms with Gasteiger partial charge >= 0.3 is 0 Å². The lowest BCUT2D eigenvalue weighted by atomic mass is 10.1. The Labute approximate surface area is 129 Å². The highest BCUT2D eigenvalue weighted by Gasteiger charge is 2.23. The molecule has 3 heteroatoms. The molecule has 1 heterocycles. The maximum Gasteiger partial charge on any atom is 0.119 e. The molecule has 1 aliphatic heterocycles. The first kappa shape index (κ1) is 13.2. The van der Waals surface area contributed by atoms with E-state index in [0.717, 1.165) is 37.2 Å². The van der Waals surface area contributed by atoms with Crippen LogP contribution in [0, 0.1) is 0 Å². The van der Waals surface area contributed by atoms with Gasteiger partial charge < -0.3 is 9.84 Å². The van der Waals surface area contributed by atoms with Crippen LogP contribution in [-0.4, -0.2) is 17.0 Å². The van der Waals surface area contributed by atoms with Crippen LogP contribution in [0.25, 0.3) is 0 Å². The number of aliphatic hydroxyl groups is 1. The highest BCUT2D eigenvalue weighted by Crippen LogP contribution is 2.37. The fraction of sp³-hybridized carbons (Fsp3) is 0.333. The highest BCUT2D eigenvalue weighted by molar-refractivity contribution is 8.00. The molecule has 0 saturated carbocycles. The van der Waals surface area contributed by atoms with Crippen LogP contribution in [0.5, 0.6) is 5.75 Å². The summed E-state index contributed by atoms with van der Waals surface area (Å²) in [5.74, 6) is 0.930. The van der Waals surface area contributed by atoms with Crippen LogP contribution in [0.4, 0.5) is 0 Å². The van der Waals surface area contributed by atoms with Crippen molar-refractivity contribution >= 4 is 11.8 Å². The maximum absolute atomic E-state index is 9.83. The summed E-state index contributed by atoms with van der Waals surface area (Å²) in [6.45, 7) is 0.737. The number of aryl methyl sites for hydroxylation is 1. The van der Waals surface area contributed by atoms with Crippen molar-refractivity contribution in [2.75, 3.05) is 6.61 Å². The van der Waals surface area contributed by atoms with Crippen molar-refractivity contribution in [1.29, 1.82) is 0 Å². The van der Waals surface area contributed by atoms with E-state index >= 15 is 0 Å². The van der Waals surface area contributed by atoms with Gasteiger partial charge in [-0.25, -0.2) is 0 Å². The maximum atomic E-state index is 9.83. The van der Waals surface area contributed by atoms with Crippen molar-refractivity contribution in [2.45, 2.75) is 35.5 Å². The minimum absolute atomic E-state index is 0.283. The number of benzene rings is 2. The molecule has 1 N–H and O–H groups in total. The molecule has 21 heavy (non-hydrogen) atoms. The standard InChI is InChI=1S/C18H18O2S/c19-17-8-5-12-9-14(6-7-16(12)17)20-11-15-10-13-3-1-2-4-18(13)21-15/h1-4,6-7,9,15,17,19H,5,8,10-11H2. The largest absolute Gasteiger partial charge is 0.492 e. The van der Waals surface area contributed by atoms with Crippen LogP contribution in [-0.2, 0) is 12.8 Å². The first-order valence-electron chi connectivity index (χ1n) is 7.48. The first-order valence-corrected chi connectivity index (χ1v) is 8.36. The zero-order valence-electron chi connectivity index (χ0n) is 11.8. The Morgan fingerprint density at radius 2 is 2.05 bits per heavy atom. The Bertz CT molecular complexity index is 643. The number of fused-ring (bicyclic) bond motifs is 2. The zero-order chi connectivity index (χ0) is 14.2. The minimum atomic E-state index is -0.283. The Morgan fingerprint density at radius 3 is 2.95 bits per heavy atom. The molecule has 4 rings (SSSR count). The predicted octanol–water partition coefficient (Wildman–Crippen LogP) is 3.76. The summed E-state index contributed by atoms with van der Waals surface area (Å²) in [5, 5.41) is 10.3. The topological polar surface area (TPSA) is 29.5 Å². The van der Waals surface area contributed by atoms with Gasteiger partial charge in [0.15, 0.2) is 0 Å². The van der Waals surface area contributed by atoms with Gasteiger partial charge in [-0.2, -0.15) is 0 Å². The molecule has 0 fully saturated rings. The second kappa shape index (κ2) is 5.39. The molecule has 2 aromatic carbocycles. The molecule has 2 aromatic rings. The second-order valence-electron chi connectivity index (χ2n) is 5.78. The fourth-order valence-electron chi connectivity index (χ4n) is 3.20. The highest BCUT2D eigenvalue weighted by atomic mass is 32.2. The van der Waals surface area contributed by atoms with Crippen molar-refractivity contribution < 1.29 is 9.84 Å². The Hall–Kier alpha value is -1.45. The summed E-state index contributed by atoms with van der Waals surface area (Å²) in [4.78, 5) is 1.39. The van der Waals surface area contributed by atoms with Crippen molar-refractivity contribution in [3.63, 3.8) is 0 Å². The molecule has 0 spiro atoms. The van der Waals surface area contributed by atoms with Crippen LogP contribution < -0.4 is 4.74 Å². The van der Waals surface area contributed by atoms with Gasteiger partial charge in [0, 0.05) is 10.1 Å². The number of aliphatic hydroxyl groups excluding tert-OH is 1. The molecule has 0 saturated heterocycles. The van der Waals surface area contributed by atoms with E-state index in [1.54, 1.807) is 0 Å². The normalized spacial score (nSPS) is 22.9. The Kier molecular flexibility index (Phi) is 3.40. The second-order valence-corrected chi connectivity index (χ2v) is 7.12. The molecule has 0 radical (unpaired) electrons. The summed E-state index contributed by atoms with van der Waals surface area (Å²) in [7, 11) is 0. The Balaban J connectivity index is 1.40. The van der Waals surface area contributed by atoms with Crippen molar-refractivity contribution in [2.24, 2.45) is 0 Å². The number of thioether (sulfide) groups is 1. The van der Waals surface area contributed by atoms with Crippen LogP contribution in [0.3, 0.4) is 0 Å². The number of hydrogen-bond acceptors (Lipinski definition) is 3. The van der Waals surface area contributed by atoms with Crippen LogP contribution in [0.15, 0.2) is 47.4 Å². The van der Waals surface area contributed by atoms with Gasteiger partial charge in [-0.05, 0) is 54.2 Å². The smallest absolute Gasteiger partial charge is 0.119 e. The van der Waals surface area contributed by atoms with E-state index in [2.05, 4.69) is 30.3 Å². The van der Waals surface area contributed by atoms with E-state index in [-0.39, 0.29) is 6.10 Å². The minimum Gasteiger partial charge on any atom is -0.492 e. The van der Waals surface area contributed by atoms with Crippen molar-refractivity contribution in [3.8, 4) is 5.75 Å². The van der Waals surface area contributed by atoms with E-state index in [1.165, 1.54) is 16.0 Å². The number of rotatable bonds is 3. The summed E-state index contributed by atoms with van der Waals surface area (Å²) in [6.07, 6.45) is 2.60. The van der Waals surface area contributed by atoms with Gasteiger partial charge in [0.1, 0.15) is 12.4 Å². The third-order valence-corrected chi connectivity index (χ3v) is 5.60. The van der Waals surface area contributed by atoms with Crippen LogP contribution in [0.1, 0.15) is 29.2 Å². The molecule has 2 atom stereocenters. The van der Waals surface area contributed by atoms with Gasteiger partial charge in [-0.3, -0.25) is 0 Å². The molecule has 0 bridgehead atoms. The lowest BCUT2D eigenvalue weighted by Crippen LogP contribution is -2.13. The molecule has 1 aliphatic carbocycles. The van der Waals surface area contributed by atoms with Gasteiger partial charge in [0.05, 0.1) is 6.10 Å². The third-order valence-electron chi connectivity index (χ3n) is 4.31. The lowest BCUT2D eigenvalue weighted by molar-refractivity contribution is 0.180. The number of ether oxygens (including phenoxy) is 1. The zero-order valence-corrected chi connectivity index (χ0v) is 12.6. The van der Waals surface area contributed by atoms with E-state index in [4.69, 9.17) is 4.74 Å². The predicted molar refractivity (Wildman–Crippen MR) is 85.0 cm³/mol. The van der Waals surface area contributed by atoms with Gasteiger partial charge in [0.25, 0.3) is 0 Å². The average Bonchev–Trinajstić information content (AvgIpc) is 3.08. The summed E-state index contributed by atoms with van der Waals surface area (Å²) < 4.78 is 5.98. The quantitative estimate of drug-likeness (QED) is 0.935. The fourth-order valence-corrected chi connectivity index (χ4v) is 4.42. The Morgan fingerprint density at radius 1 is 1.14 bits per heavy atom. The van der Waals surface area contributed by atoms with Gasteiger partial charge in [-0.15, -0.1) is 11.8 Å². The molecule has 0 aromatic heterocycles. The van der Waals surface area contributed by atoms with Crippen LogP contribution >= 0.6 is 11.8 Å². The van der Waals surface area contributed by atoms with Gasteiger partial charge in [-0.1, -0.05) is 24.3 Å². The molecular formula is C18H18O2S. The summed E-state index contributed by atoms with van der Waals surface area (Å²) in [6, 6.07) is 14.7. The van der Waals surface area contributed by atoms with Gasteiger partial charge in [0.2, 0.25) is 0 Å².